The lowest BCUT2D eigenvalue weighted by atomic mass is 9.89. The molecule has 0 spiro atoms. The summed E-state index contributed by atoms with van der Waals surface area (Å²) in [5, 5.41) is 8.01. The average molecular weight is 260 g/mol. The fraction of sp³-hybridized carbons (Fsp3) is 0.429. The third-order valence-electron chi connectivity index (χ3n) is 3.00. The SMILES string of the molecule is COc1ccc(CC(C)(N)Cc2cn(C)nn2)cc1. The maximum atomic E-state index is 6.35. The van der Waals surface area contributed by atoms with Crippen molar-refractivity contribution < 1.29 is 4.74 Å². The van der Waals surface area contributed by atoms with Crippen molar-refractivity contribution in [2.75, 3.05) is 7.11 Å². The molecule has 5 nitrogen and oxygen atoms in total. The van der Waals surface area contributed by atoms with E-state index in [2.05, 4.69) is 10.3 Å². The van der Waals surface area contributed by atoms with E-state index >= 15 is 0 Å². The fourth-order valence-electron chi connectivity index (χ4n) is 2.16. The number of benzene rings is 1. The molecule has 1 unspecified atom stereocenters. The predicted molar refractivity (Wildman–Crippen MR) is 74.0 cm³/mol. The minimum absolute atomic E-state index is 0.343. The molecule has 1 aromatic heterocycles. The van der Waals surface area contributed by atoms with Gasteiger partial charge in [-0.25, -0.2) is 0 Å². The molecule has 1 aromatic carbocycles. The van der Waals surface area contributed by atoms with Gasteiger partial charge in [0.15, 0.2) is 0 Å². The number of ether oxygens (including phenoxy) is 1. The maximum absolute atomic E-state index is 6.35. The van der Waals surface area contributed by atoms with E-state index in [0.717, 1.165) is 17.9 Å². The van der Waals surface area contributed by atoms with Crippen molar-refractivity contribution in [3.63, 3.8) is 0 Å². The quantitative estimate of drug-likeness (QED) is 0.880. The van der Waals surface area contributed by atoms with E-state index in [0.29, 0.717) is 6.42 Å². The smallest absolute Gasteiger partial charge is 0.118 e. The minimum atomic E-state index is -0.343. The molecular formula is C14H20N4O. The highest BCUT2D eigenvalue weighted by atomic mass is 16.5. The first-order valence-electron chi connectivity index (χ1n) is 6.25. The van der Waals surface area contributed by atoms with Crippen LogP contribution < -0.4 is 10.5 Å². The van der Waals surface area contributed by atoms with Crippen LogP contribution in [0.3, 0.4) is 0 Å². The van der Waals surface area contributed by atoms with Gasteiger partial charge in [-0.05, 0) is 31.0 Å². The van der Waals surface area contributed by atoms with Crippen molar-refractivity contribution in [2.24, 2.45) is 12.8 Å². The van der Waals surface area contributed by atoms with Crippen LogP contribution in [-0.4, -0.2) is 27.6 Å². The van der Waals surface area contributed by atoms with Crippen LogP contribution in [0.1, 0.15) is 18.2 Å². The third-order valence-corrected chi connectivity index (χ3v) is 3.00. The Morgan fingerprint density at radius 3 is 2.47 bits per heavy atom. The van der Waals surface area contributed by atoms with E-state index < -0.39 is 0 Å². The van der Waals surface area contributed by atoms with Crippen molar-refractivity contribution in [3.8, 4) is 5.75 Å². The van der Waals surface area contributed by atoms with Crippen LogP contribution in [-0.2, 0) is 19.9 Å². The molecule has 102 valence electrons. The minimum Gasteiger partial charge on any atom is -0.497 e. The van der Waals surface area contributed by atoms with Crippen molar-refractivity contribution >= 4 is 0 Å². The van der Waals surface area contributed by atoms with Gasteiger partial charge in [-0.15, -0.1) is 5.10 Å². The Morgan fingerprint density at radius 1 is 1.26 bits per heavy atom. The first kappa shape index (κ1) is 13.5. The van der Waals surface area contributed by atoms with Gasteiger partial charge in [-0.1, -0.05) is 17.3 Å². The van der Waals surface area contributed by atoms with Gasteiger partial charge in [-0.2, -0.15) is 0 Å². The number of nitrogens with zero attached hydrogens (tertiary/aromatic N) is 3. The zero-order valence-electron chi connectivity index (χ0n) is 11.6. The first-order chi connectivity index (χ1) is 8.98. The molecule has 2 aromatic rings. The normalized spacial score (nSPS) is 14.1. The highest BCUT2D eigenvalue weighted by Gasteiger charge is 2.21. The number of nitrogens with two attached hydrogens (primary N) is 1. The summed E-state index contributed by atoms with van der Waals surface area (Å²) >= 11 is 0. The van der Waals surface area contributed by atoms with Crippen LogP contribution in [0.5, 0.6) is 5.75 Å². The molecule has 1 atom stereocenters. The summed E-state index contributed by atoms with van der Waals surface area (Å²) in [5.74, 6) is 0.858. The molecule has 0 aliphatic heterocycles. The van der Waals surface area contributed by atoms with Crippen molar-refractivity contribution in [3.05, 3.63) is 41.7 Å². The summed E-state index contributed by atoms with van der Waals surface area (Å²) in [6.45, 7) is 2.03. The summed E-state index contributed by atoms with van der Waals surface area (Å²) in [6.07, 6.45) is 3.39. The molecule has 0 aliphatic carbocycles. The summed E-state index contributed by atoms with van der Waals surface area (Å²) in [4.78, 5) is 0. The molecule has 0 saturated carbocycles. The van der Waals surface area contributed by atoms with E-state index in [1.807, 2.05) is 44.4 Å². The van der Waals surface area contributed by atoms with Crippen molar-refractivity contribution in [1.29, 1.82) is 0 Å². The zero-order valence-corrected chi connectivity index (χ0v) is 11.6. The lowest BCUT2D eigenvalue weighted by Crippen LogP contribution is -2.41. The standard InChI is InChI=1S/C14H20N4O/c1-14(15,9-12-10-18(2)17-16-12)8-11-4-6-13(19-3)7-5-11/h4-7,10H,8-9,15H2,1-3H3. The fourth-order valence-corrected chi connectivity index (χ4v) is 2.16. The van der Waals surface area contributed by atoms with Crippen LogP contribution in [0.2, 0.25) is 0 Å². The molecule has 19 heavy (non-hydrogen) atoms. The summed E-state index contributed by atoms with van der Waals surface area (Å²) in [6, 6.07) is 7.99. The van der Waals surface area contributed by atoms with Gasteiger partial charge in [0.05, 0.1) is 12.8 Å². The largest absolute Gasteiger partial charge is 0.497 e. The van der Waals surface area contributed by atoms with Gasteiger partial charge in [0, 0.05) is 25.2 Å². The second-order valence-corrected chi connectivity index (χ2v) is 5.24. The molecule has 0 radical (unpaired) electrons. The van der Waals surface area contributed by atoms with Gasteiger partial charge in [0.1, 0.15) is 5.75 Å². The molecule has 0 saturated heterocycles. The van der Waals surface area contributed by atoms with Crippen LogP contribution in [0, 0.1) is 0 Å². The second kappa shape index (κ2) is 5.40. The number of methoxy groups -OCH3 is 1. The van der Waals surface area contributed by atoms with Gasteiger partial charge in [0.2, 0.25) is 0 Å². The number of hydrogen-bond donors (Lipinski definition) is 1. The summed E-state index contributed by atoms with van der Waals surface area (Å²) < 4.78 is 6.84. The predicted octanol–water partition coefficient (Wildman–Crippen LogP) is 1.33. The van der Waals surface area contributed by atoms with E-state index in [1.165, 1.54) is 5.56 Å². The zero-order chi connectivity index (χ0) is 13.9. The number of aromatic nitrogens is 3. The Balaban J connectivity index is 2.03. The van der Waals surface area contributed by atoms with E-state index in [-0.39, 0.29) is 5.54 Å². The molecular weight excluding hydrogens is 240 g/mol. The first-order valence-corrected chi connectivity index (χ1v) is 6.25. The number of hydrogen-bond acceptors (Lipinski definition) is 4. The average Bonchev–Trinajstić information content (AvgIpc) is 2.74. The van der Waals surface area contributed by atoms with Crippen LogP contribution >= 0.6 is 0 Å². The molecule has 1 heterocycles. The second-order valence-electron chi connectivity index (χ2n) is 5.24. The Labute approximate surface area is 113 Å². The number of aryl methyl sites for hydroxylation is 1. The van der Waals surface area contributed by atoms with Gasteiger partial charge in [-0.3, -0.25) is 4.68 Å². The molecule has 0 aliphatic rings. The third kappa shape index (κ3) is 3.79. The van der Waals surface area contributed by atoms with Crippen molar-refractivity contribution in [2.45, 2.75) is 25.3 Å². The molecule has 0 fully saturated rings. The van der Waals surface area contributed by atoms with E-state index in [1.54, 1.807) is 11.8 Å². The van der Waals surface area contributed by atoms with Crippen LogP contribution in [0.15, 0.2) is 30.5 Å². The van der Waals surface area contributed by atoms with Gasteiger partial charge < -0.3 is 10.5 Å². The lowest BCUT2D eigenvalue weighted by Gasteiger charge is -2.23. The van der Waals surface area contributed by atoms with Gasteiger partial charge >= 0.3 is 0 Å². The van der Waals surface area contributed by atoms with Crippen LogP contribution in [0.25, 0.3) is 0 Å². The molecule has 0 bridgehead atoms. The summed E-state index contributed by atoms with van der Waals surface area (Å²) in [5.41, 5.74) is 8.12. The Bertz CT molecular complexity index is 531. The molecule has 0 amide bonds. The Hall–Kier alpha value is -1.88. The van der Waals surface area contributed by atoms with E-state index in [9.17, 15) is 0 Å². The summed E-state index contributed by atoms with van der Waals surface area (Å²) in [7, 11) is 3.52. The monoisotopic (exact) mass is 260 g/mol. The Kier molecular flexibility index (Phi) is 3.85. The molecule has 2 rings (SSSR count). The molecule has 5 heteroatoms. The lowest BCUT2D eigenvalue weighted by molar-refractivity contribution is 0.414. The van der Waals surface area contributed by atoms with Gasteiger partial charge in [0.25, 0.3) is 0 Å². The highest BCUT2D eigenvalue weighted by Crippen LogP contribution is 2.18. The number of rotatable bonds is 5. The topological polar surface area (TPSA) is 66.0 Å². The maximum Gasteiger partial charge on any atom is 0.118 e. The van der Waals surface area contributed by atoms with Crippen molar-refractivity contribution in [1.82, 2.24) is 15.0 Å². The molecule has 2 N–H and O–H groups in total. The highest BCUT2D eigenvalue weighted by molar-refractivity contribution is 5.28. The van der Waals surface area contributed by atoms with E-state index in [4.69, 9.17) is 10.5 Å². The Morgan fingerprint density at radius 2 is 1.95 bits per heavy atom. The van der Waals surface area contributed by atoms with Crippen LogP contribution in [0.4, 0.5) is 0 Å².